The van der Waals surface area contributed by atoms with Crippen LogP contribution < -0.4 is 0 Å². The number of rotatable bonds is 5. The molecule has 5 nitrogen and oxygen atoms in total. The van der Waals surface area contributed by atoms with Crippen LogP contribution in [0.5, 0.6) is 0 Å². The monoisotopic (exact) mass is 300 g/mol. The zero-order valence-corrected chi connectivity index (χ0v) is 10.7. The number of benzene rings is 1. The largest absolute Gasteiger partial charge is 0.481 e. The van der Waals surface area contributed by atoms with E-state index in [-0.39, 0.29) is 36.5 Å². The average Bonchev–Trinajstić information content (AvgIpc) is 2.83. The number of hydrogen-bond acceptors (Lipinski definition) is 4. The molecule has 21 heavy (non-hydrogen) atoms. The van der Waals surface area contributed by atoms with Gasteiger partial charge in [-0.25, -0.2) is 0 Å². The minimum Gasteiger partial charge on any atom is -0.481 e. The van der Waals surface area contributed by atoms with Gasteiger partial charge in [0.2, 0.25) is 5.89 Å². The minimum absolute atomic E-state index is 0.0376. The highest BCUT2D eigenvalue weighted by molar-refractivity contribution is 5.66. The van der Waals surface area contributed by atoms with Crippen LogP contribution in [0.3, 0.4) is 0 Å². The van der Waals surface area contributed by atoms with Crippen LogP contribution in [0.2, 0.25) is 0 Å². The number of hydrogen-bond donors (Lipinski definition) is 1. The van der Waals surface area contributed by atoms with Gasteiger partial charge in [-0.3, -0.25) is 4.79 Å². The summed E-state index contributed by atoms with van der Waals surface area (Å²) in [6, 6.07) is 5.13. The molecule has 0 aliphatic rings. The third kappa shape index (κ3) is 4.04. The number of alkyl halides is 3. The van der Waals surface area contributed by atoms with Crippen molar-refractivity contribution >= 4 is 5.97 Å². The van der Waals surface area contributed by atoms with Gasteiger partial charge in [-0.05, 0) is 11.6 Å². The van der Waals surface area contributed by atoms with Crippen LogP contribution in [0, 0.1) is 0 Å². The molecule has 0 aliphatic heterocycles. The predicted molar refractivity (Wildman–Crippen MR) is 64.5 cm³/mol. The minimum atomic E-state index is -4.45. The Bertz CT molecular complexity index is 638. The normalized spacial score (nSPS) is 11.6. The Morgan fingerprint density at radius 1 is 1.29 bits per heavy atom. The van der Waals surface area contributed by atoms with Crippen molar-refractivity contribution in [2.24, 2.45) is 0 Å². The average molecular weight is 300 g/mol. The predicted octanol–water partition coefficient (Wildman–Crippen LogP) is 2.70. The number of aromatic nitrogens is 2. The van der Waals surface area contributed by atoms with Crippen LogP contribution in [0.15, 0.2) is 28.8 Å². The van der Waals surface area contributed by atoms with Gasteiger partial charge in [0.1, 0.15) is 0 Å². The molecule has 0 aliphatic carbocycles. The van der Waals surface area contributed by atoms with Crippen molar-refractivity contribution in [1.82, 2.24) is 10.1 Å². The van der Waals surface area contributed by atoms with E-state index in [2.05, 4.69) is 10.1 Å². The molecule has 0 amide bonds. The van der Waals surface area contributed by atoms with E-state index in [4.69, 9.17) is 9.63 Å². The summed E-state index contributed by atoms with van der Waals surface area (Å²) in [5.41, 5.74) is -0.711. The first-order valence-corrected chi connectivity index (χ1v) is 6.04. The van der Waals surface area contributed by atoms with Crippen molar-refractivity contribution in [3.05, 3.63) is 47.1 Å². The van der Waals surface area contributed by atoms with E-state index in [1.54, 1.807) is 0 Å². The smallest absolute Gasteiger partial charge is 0.416 e. The number of aliphatic carboxylic acids is 1. The van der Waals surface area contributed by atoms with Gasteiger partial charge in [-0.2, -0.15) is 18.2 Å². The van der Waals surface area contributed by atoms with E-state index in [0.717, 1.165) is 6.07 Å². The van der Waals surface area contributed by atoms with Crippen LogP contribution in [0.25, 0.3) is 0 Å². The van der Waals surface area contributed by atoms with Crippen LogP contribution in [0.1, 0.15) is 29.3 Å². The number of halogens is 3. The van der Waals surface area contributed by atoms with Gasteiger partial charge in [0, 0.05) is 12.8 Å². The maximum atomic E-state index is 12.8. The molecule has 0 spiro atoms. The van der Waals surface area contributed by atoms with Gasteiger partial charge < -0.3 is 9.63 Å². The molecule has 1 aromatic carbocycles. The fourth-order valence-electron chi connectivity index (χ4n) is 1.80. The summed E-state index contributed by atoms with van der Waals surface area (Å²) >= 11 is 0. The van der Waals surface area contributed by atoms with E-state index in [1.807, 2.05) is 0 Å². The quantitative estimate of drug-likeness (QED) is 0.918. The first-order valence-electron chi connectivity index (χ1n) is 6.04. The van der Waals surface area contributed by atoms with Gasteiger partial charge in [0.25, 0.3) is 0 Å². The third-order valence-electron chi connectivity index (χ3n) is 2.73. The zero-order valence-electron chi connectivity index (χ0n) is 10.7. The highest BCUT2D eigenvalue weighted by Gasteiger charge is 2.33. The van der Waals surface area contributed by atoms with Crippen LogP contribution in [0.4, 0.5) is 13.2 Å². The summed E-state index contributed by atoms with van der Waals surface area (Å²) in [6.45, 7) is 0. The lowest BCUT2D eigenvalue weighted by molar-refractivity contribution is -0.138. The van der Waals surface area contributed by atoms with E-state index in [1.165, 1.54) is 18.2 Å². The lowest BCUT2D eigenvalue weighted by atomic mass is 10.0. The summed E-state index contributed by atoms with van der Waals surface area (Å²) in [6.07, 6.45) is -4.72. The second-order valence-electron chi connectivity index (χ2n) is 4.33. The molecule has 0 saturated heterocycles. The molecule has 0 unspecified atom stereocenters. The number of carbonyl (C=O) groups is 1. The molecule has 0 fully saturated rings. The summed E-state index contributed by atoms with van der Waals surface area (Å²) in [5, 5.41) is 12.1. The highest BCUT2D eigenvalue weighted by Crippen LogP contribution is 2.32. The summed E-state index contributed by atoms with van der Waals surface area (Å²) < 4.78 is 43.3. The molecule has 0 saturated carbocycles. The molecule has 1 heterocycles. The topological polar surface area (TPSA) is 76.2 Å². The number of aryl methyl sites for hydroxylation is 1. The first kappa shape index (κ1) is 15.0. The van der Waals surface area contributed by atoms with E-state index < -0.39 is 17.7 Å². The van der Waals surface area contributed by atoms with Gasteiger partial charge in [-0.15, -0.1) is 0 Å². The van der Waals surface area contributed by atoms with E-state index in [9.17, 15) is 18.0 Å². The van der Waals surface area contributed by atoms with Crippen molar-refractivity contribution < 1.29 is 27.6 Å². The van der Waals surface area contributed by atoms with E-state index in [0.29, 0.717) is 0 Å². The first-order chi connectivity index (χ1) is 9.86. The Hall–Kier alpha value is -2.38. The number of carboxylic acid groups (broad SMARTS) is 1. The van der Waals surface area contributed by atoms with Gasteiger partial charge in [0.05, 0.1) is 12.0 Å². The van der Waals surface area contributed by atoms with E-state index >= 15 is 0 Å². The Morgan fingerprint density at radius 2 is 2.00 bits per heavy atom. The molecule has 2 rings (SSSR count). The third-order valence-corrected chi connectivity index (χ3v) is 2.73. The molecular formula is C13H11F3N2O3. The van der Waals surface area contributed by atoms with Gasteiger partial charge >= 0.3 is 12.1 Å². The fraction of sp³-hybridized carbons (Fsp3) is 0.308. The SMILES string of the molecule is O=C(O)CCc1nc(Cc2ccccc2C(F)(F)F)no1. The molecule has 1 N–H and O–H groups in total. The second-order valence-corrected chi connectivity index (χ2v) is 4.33. The van der Waals surface area contributed by atoms with Crippen LogP contribution in [-0.4, -0.2) is 21.2 Å². The fourth-order valence-corrected chi connectivity index (χ4v) is 1.80. The molecule has 0 radical (unpaired) electrons. The lowest BCUT2D eigenvalue weighted by Gasteiger charge is -2.10. The molecule has 8 heteroatoms. The maximum Gasteiger partial charge on any atom is 0.416 e. The Kier molecular flexibility index (Phi) is 4.25. The van der Waals surface area contributed by atoms with Crippen LogP contribution >= 0.6 is 0 Å². The van der Waals surface area contributed by atoms with Gasteiger partial charge in [0.15, 0.2) is 5.82 Å². The molecule has 0 bridgehead atoms. The Labute approximate surface area is 117 Å². The van der Waals surface area contributed by atoms with Crippen molar-refractivity contribution in [1.29, 1.82) is 0 Å². The molecule has 112 valence electrons. The molecule has 2 aromatic rings. The summed E-state index contributed by atoms with van der Waals surface area (Å²) in [5.74, 6) is -0.832. The number of carboxylic acids is 1. The number of nitrogens with zero attached hydrogens (tertiary/aromatic N) is 2. The van der Waals surface area contributed by atoms with Crippen molar-refractivity contribution in [3.8, 4) is 0 Å². The van der Waals surface area contributed by atoms with Gasteiger partial charge in [-0.1, -0.05) is 23.4 Å². The second kappa shape index (κ2) is 5.94. The standard InChI is InChI=1S/C13H11F3N2O3/c14-13(15,16)9-4-2-1-3-8(9)7-10-17-11(21-18-10)5-6-12(19)20/h1-4H,5-7H2,(H,19,20). The Balaban J connectivity index is 2.14. The van der Waals surface area contributed by atoms with Crippen LogP contribution in [-0.2, 0) is 23.8 Å². The van der Waals surface area contributed by atoms with Crippen molar-refractivity contribution in [3.63, 3.8) is 0 Å². The lowest BCUT2D eigenvalue weighted by Crippen LogP contribution is -2.09. The Morgan fingerprint density at radius 3 is 2.67 bits per heavy atom. The maximum absolute atomic E-state index is 12.8. The molecule has 1 aromatic heterocycles. The summed E-state index contributed by atoms with van der Waals surface area (Å²) in [4.78, 5) is 14.3. The molecular weight excluding hydrogens is 289 g/mol. The van der Waals surface area contributed by atoms with Crippen molar-refractivity contribution in [2.75, 3.05) is 0 Å². The summed E-state index contributed by atoms with van der Waals surface area (Å²) in [7, 11) is 0. The zero-order chi connectivity index (χ0) is 15.5. The van der Waals surface area contributed by atoms with Crippen molar-refractivity contribution in [2.45, 2.75) is 25.4 Å². The molecule has 0 atom stereocenters. The highest BCUT2D eigenvalue weighted by atomic mass is 19.4.